The molecule has 2 fully saturated rings. The van der Waals surface area contributed by atoms with Gasteiger partial charge in [-0.3, -0.25) is 0 Å². The molecule has 2 aliphatic carbocycles. The van der Waals surface area contributed by atoms with Crippen LogP contribution < -0.4 is 0 Å². The minimum Gasteiger partial charge on any atom is -0.508 e. The van der Waals surface area contributed by atoms with Crippen molar-refractivity contribution in [2.75, 3.05) is 0 Å². The summed E-state index contributed by atoms with van der Waals surface area (Å²) < 4.78 is 0. The maximum absolute atomic E-state index is 11.3. The van der Waals surface area contributed by atoms with Crippen molar-refractivity contribution in [3.8, 4) is 5.75 Å². The van der Waals surface area contributed by atoms with E-state index in [0.29, 0.717) is 17.9 Å². The topological polar surface area (TPSA) is 77.8 Å². The standard InChI is InChI=1S/C22H32O4/c1-20(2)9-5-10-21(3)17(20)8-11-22(4,26)18(21)13-15-12-14(19(24)25)6-7-16(15)23/h6-7,12,17-18,23,26H,5,8-11,13H2,1-4H3,(H,24,25). The second-order valence-electron chi connectivity index (χ2n) is 9.70. The van der Waals surface area contributed by atoms with Gasteiger partial charge in [-0.25, -0.2) is 4.79 Å². The average Bonchev–Trinajstić information content (AvgIpc) is 2.51. The minimum atomic E-state index is -0.996. The maximum Gasteiger partial charge on any atom is 0.335 e. The summed E-state index contributed by atoms with van der Waals surface area (Å²) in [5, 5.41) is 30.9. The van der Waals surface area contributed by atoms with Crippen molar-refractivity contribution in [1.82, 2.24) is 0 Å². The van der Waals surface area contributed by atoms with E-state index in [1.165, 1.54) is 18.6 Å². The van der Waals surface area contributed by atoms with E-state index in [0.717, 1.165) is 25.7 Å². The number of aromatic hydroxyl groups is 1. The summed E-state index contributed by atoms with van der Waals surface area (Å²) >= 11 is 0. The molecule has 4 atom stereocenters. The molecular formula is C22H32O4. The van der Waals surface area contributed by atoms with E-state index in [-0.39, 0.29) is 28.1 Å². The number of carboxylic acid groups (broad SMARTS) is 1. The van der Waals surface area contributed by atoms with Crippen molar-refractivity contribution in [2.24, 2.45) is 22.7 Å². The molecule has 4 unspecified atom stereocenters. The molecule has 0 spiro atoms. The highest BCUT2D eigenvalue weighted by molar-refractivity contribution is 5.88. The summed E-state index contributed by atoms with van der Waals surface area (Å²) in [6.45, 7) is 8.90. The van der Waals surface area contributed by atoms with Crippen molar-refractivity contribution in [3.63, 3.8) is 0 Å². The smallest absolute Gasteiger partial charge is 0.335 e. The number of aliphatic hydroxyl groups is 1. The summed E-state index contributed by atoms with van der Waals surface area (Å²) in [4.78, 5) is 11.3. The van der Waals surface area contributed by atoms with E-state index in [1.807, 2.05) is 6.92 Å². The van der Waals surface area contributed by atoms with Crippen LogP contribution in [0.3, 0.4) is 0 Å². The highest BCUT2D eigenvalue weighted by Gasteiger charge is 2.57. The van der Waals surface area contributed by atoms with Gasteiger partial charge in [0, 0.05) is 0 Å². The molecule has 2 saturated carbocycles. The monoisotopic (exact) mass is 360 g/mol. The fourth-order valence-electron chi connectivity index (χ4n) is 6.18. The van der Waals surface area contributed by atoms with Crippen LogP contribution in [-0.4, -0.2) is 26.9 Å². The fourth-order valence-corrected chi connectivity index (χ4v) is 6.18. The van der Waals surface area contributed by atoms with Gasteiger partial charge in [0.2, 0.25) is 0 Å². The summed E-state index contributed by atoms with van der Waals surface area (Å²) in [6, 6.07) is 4.45. The van der Waals surface area contributed by atoms with Gasteiger partial charge in [0.25, 0.3) is 0 Å². The lowest BCUT2D eigenvalue weighted by Crippen LogP contribution is -2.58. The number of benzene rings is 1. The first-order valence-electron chi connectivity index (χ1n) is 9.75. The molecule has 2 aliphatic rings. The van der Waals surface area contributed by atoms with E-state index in [2.05, 4.69) is 20.8 Å². The normalized spacial score (nSPS) is 36.3. The van der Waals surface area contributed by atoms with Gasteiger partial charge in [-0.1, -0.05) is 27.2 Å². The number of hydrogen-bond acceptors (Lipinski definition) is 3. The molecular weight excluding hydrogens is 328 g/mol. The van der Waals surface area contributed by atoms with Gasteiger partial charge in [0.1, 0.15) is 5.75 Å². The molecule has 0 bridgehead atoms. The predicted molar refractivity (Wildman–Crippen MR) is 101 cm³/mol. The van der Waals surface area contributed by atoms with Crippen LogP contribution in [0.1, 0.15) is 75.7 Å². The highest BCUT2D eigenvalue weighted by atomic mass is 16.4. The van der Waals surface area contributed by atoms with Crippen LogP contribution in [0.15, 0.2) is 18.2 Å². The Kier molecular flexibility index (Phi) is 4.63. The minimum absolute atomic E-state index is 0.0109. The number of hydrogen-bond donors (Lipinski definition) is 3. The van der Waals surface area contributed by atoms with E-state index >= 15 is 0 Å². The van der Waals surface area contributed by atoms with Gasteiger partial charge in [-0.15, -0.1) is 0 Å². The molecule has 4 heteroatoms. The molecule has 0 saturated heterocycles. The molecule has 0 heterocycles. The average molecular weight is 360 g/mol. The van der Waals surface area contributed by atoms with Gasteiger partial charge in [0.05, 0.1) is 11.2 Å². The third-order valence-corrected chi connectivity index (χ3v) is 7.51. The van der Waals surface area contributed by atoms with Gasteiger partial charge < -0.3 is 15.3 Å². The lowest BCUT2D eigenvalue weighted by Gasteiger charge is -2.61. The van der Waals surface area contributed by atoms with Crippen molar-refractivity contribution >= 4 is 5.97 Å². The first-order valence-corrected chi connectivity index (χ1v) is 9.75. The molecule has 144 valence electrons. The molecule has 4 nitrogen and oxygen atoms in total. The maximum atomic E-state index is 11.3. The fraction of sp³-hybridized carbons (Fsp3) is 0.682. The number of rotatable bonds is 3. The molecule has 0 amide bonds. The number of carbonyl (C=O) groups is 1. The van der Waals surface area contributed by atoms with Gasteiger partial charge in [-0.2, -0.15) is 0 Å². The Morgan fingerprint density at radius 2 is 1.85 bits per heavy atom. The SMILES string of the molecule is CC1(C)CCCC2(C)C1CCC(C)(O)C2Cc1cc(C(=O)O)ccc1O. The largest absolute Gasteiger partial charge is 0.508 e. The zero-order valence-electron chi connectivity index (χ0n) is 16.4. The van der Waals surface area contributed by atoms with Gasteiger partial charge >= 0.3 is 5.97 Å². The molecule has 3 rings (SSSR count). The van der Waals surface area contributed by atoms with E-state index in [4.69, 9.17) is 0 Å². The Balaban J connectivity index is 2.01. The van der Waals surface area contributed by atoms with Crippen molar-refractivity contribution < 1.29 is 20.1 Å². The summed E-state index contributed by atoms with van der Waals surface area (Å²) in [5.74, 6) is -0.363. The van der Waals surface area contributed by atoms with Crippen LogP contribution in [0.2, 0.25) is 0 Å². The van der Waals surface area contributed by atoms with Gasteiger partial charge in [-0.05, 0) is 85.5 Å². The number of carboxylic acids is 1. The van der Waals surface area contributed by atoms with Gasteiger partial charge in [0.15, 0.2) is 0 Å². The molecule has 0 radical (unpaired) electrons. The second kappa shape index (κ2) is 6.26. The number of aromatic carboxylic acids is 1. The first kappa shape index (κ1) is 19.2. The Morgan fingerprint density at radius 1 is 1.15 bits per heavy atom. The van der Waals surface area contributed by atoms with E-state index < -0.39 is 11.6 Å². The van der Waals surface area contributed by atoms with Crippen molar-refractivity contribution in [3.05, 3.63) is 29.3 Å². The molecule has 1 aromatic carbocycles. The van der Waals surface area contributed by atoms with E-state index in [9.17, 15) is 20.1 Å². The van der Waals surface area contributed by atoms with Crippen LogP contribution in [-0.2, 0) is 6.42 Å². The lowest BCUT2D eigenvalue weighted by atomic mass is 9.45. The number of phenolic OH excluding ortho intramolecular Hbond substituents is 1. The summed E-state index contributed by atoms with van der Waals surface area (Å²) in [5.41, 5.74) is 0.214. The van der Waals surface area contributed by atoms with E-state index in [1.54, 1.807) is 6.07 Å². The zero-order valence-corrected chi connectivity index (χ0v) is 16.4. The van der Waals surface area contributed by atoms with Crippen LogP contribution in [0, 0.1) is 22.7 Å². The molecule has 1 aromatic rings. The summed E-state index contributed by atoms with van der Waals surface area (Å²) in [7, 11) is 0. The van der Waals surface area contributed by atoms with Crippen molar-refractivity contribution in [2.45, 2.75) is 71.8 Å². The Labute approximate surface area is 156 Å². The van der Waals surface area contributed by atoms with Crippen molar-refractivity contribution in [1.29, 1.82) is 0 Å². The van der Waals surface area contributed by atoms with Crippen LogP contribution >= 0.6 is 0 Å². The summed E-state index contributed by atoms with van der Waals surface area (Å²) in [6.07, 6.45) is 5.70. The number of phenols is 1. The lowest BCUT2D eigenvalue weighted by molar-refractivity contribution is -0.166. The van der Waals surface area contributed by atoms with Crippen LogP contribution in [0.5, 0.6) is 5.75 Å². The first-order chi connectivity index (χ1) is 12.0. The quantitative estimate of drug-likeness (QED) is 0.734. The molecule has 3 N–H and O–H groups in total. The van der Waals surface area contributed by atoms with Crippen LogP contribution in [0.25, 0.3) is 0 Å². The number of fused-ring (bicyclic) bond motifs is 1. The van der Waals surface area contributed by atoms with Crippen LogP contribution in [0.4, 0.5) is 0 Å². The third kappa shape index (κ3) is 3.13. The predicted octanol–water partition coefficient (Wildman–Crippen LogP) is 4.63. The molecule has 0 aliphatic heterocycles. The zero-order chi connectivity index (χ0) is 19.3. The highest BCUT2D eigenvalue weighted by Crippen LogP contribution is 2.62. The molecule has 0 aromatic heterocycles. The Bertz CT molecular complexity index is 706. The Hall–Kier alpha value is -1.55. The Morgan fingerprint density at radius 3 is 2.50 bits per heavy atom. The second-order valence-corrected chi connectivity index (χ2v) is 9.70. The molecule has 26 heavy (non-hydrogen) atoms. The third-order valence-electron chi connectivity index (χ3n) is 7.51.